The van der Waals surface area contributed by atoms with Gasteiger partial charge in [0.1, 0.15) is 5.78 Å². The largest absolute Gasteiger partial charge is 0.325 e. The minimum atomic E-state index is -0.366. The predicted octanol–water partition coefficient (Wildman–Crippen LogP) is 3.72. The third-order valence-corrected chi connectivity index (χ3v) is 4.74. The second kappa shape index (κ2) is 7.05. The molecule has 0 aliphatic carbocycles. The van der Waals surface area contributed by atoms with Gasteiger partial charge in [0, 0.05) is 34.1 Å². The zero-order valence-electron chi connectivity index (χ0n) is 18.1. The van der Waals surface area contributed by atoms with E-state index in [-0.39, 0.29) is 33.4 Å². The highest BCUT2D eigenvalue weighted by molar-refractivity contribution is 5.81. The van der Waals surface area contributed by atoms with Crippen LogP contribution in [0.1, 0.15) is 89.0 Å². The molecule has 0 rings (SSSR count). The lowest BCUT2D eigenvalue weighted by atomic mass is 9.73. The average Bonchev–Trinajstić information content (AvgIpc) is 2.19. The zero-order valence-corrected chi connectivity index (χ0v) is 18.1. The lowest BCUT2D eigenvalue weighted by Gasteiger charge is -2.54. The molecule has 0 aromatic carbocycles. The van der Waals surface area contributed by atoms with E-state index in [1.807, 2.05) is 13.8 Å². The van der Waals surface area contributed by atoms with Crippen LogP contribution in [0.2, 0.25) is 0 Å². The molecular formula is C20H43N3O. The van der Waals surface area contributed by atoms with E-state index in [1.54, 1.807) is 6.92 Å². The molecule has 4 N–H and O–H groups in total. The van der Waals surface area contributed by atoms with Crippen molar-refractivity contribution >= 4 is 5.78 Å². The van der Waals surface area contributed by atoms with Crippen LogP contribution in [0, 0.1) is 5.41 Å². The Hall–Kier alpha value is -0.450. The summed E-state index contributed by atoms with van der Waals surface area (Å²) in [5.41, 5.74) is 11.4. The van der Waals surface area contributed by atoms with E-state index in [0.717, 1.165) is 19.4 Å². The van der Waals surface area contributed by atoms with Gasteiger partial charge in [-0.05, 0) is 75.2 Å². The molecule has 4 nitrogen and oxygen atoms in total. The van der Waals surface area contributed by atoms with Crippen molar-refractivity contribution in [2.45, 2.75) is 111 Å². The molecule has 0 aromatic rings. The molecule has 4 heteroatoms. The molecule has 0 bridgehead atoms. The highest BCUT2D eigenvalue weighted by Gasteiger charge is 2.44. The quantitative estimate of drug-likeness (QED) is 0.670. The van der Waals surface area contributed by atoms with Crippen molar-refractivity contribution < 1.29 is 4.79 Å². The van der Waals surface area contributed by atoms with Crippen LogP contribution in [-0.4, -0.2) is 39.4 Å². The van der Waals surface area contributed by atoms with Crippen LogP contribution >= 0.6 is 0 Å². The van der Waals surface area contributed by atoms with Crippen molar-refractivity contribution in [2.24, 2.45) is 16.9 Å². The Balaban J connectivity index is 5.82. The Morgan fingerprint density at radius 2 is 1.12 bits per heavy atom. The SMILES string of the molecule is CC(=O)C(C)(C)CC(C)(C)N(CC(C)(C)N)C(C)(C)CC(C)(C)N. The first-order valence-electron chi connectivity index (χ1n) is 9.06. The molecule has 0 aromatic heterocycles. The molecule has 0 saturated heterocycles. The topological polar surface area (TPSA) is 72.3 Å². The maximum Gasteiger partial charge on any atom is 0.135 e. The van der Waals surface area contributed by atoms with Crippen molar-refractivity contribution in [1.82, 2.24) is 4.90 Å². The smallest absolute Gasteiger partial charge is 0.135 e. The van der Waals surface area contributed by atoms with E-state index >= 15 is 0 Å². The van der Waals surface area contributed by atoms with Gasteiger partial charge in [0.05, 0.1) is 0 Å². The van der Waals surface area contributed by atoms with Crippen LogP contribution in [0.15, 0.2) is 0 Å². The summed E-state index contributed by atoms with van der Waals surface area (Å²) < 4.78 is 0. The summed E-state index contributed by atoms with van der Waals surface area (Å²) in [7, 11) is 0. The van der Waals surface area contributed by atoms with Gasteiger partial charge in [-0.2, -0.15) is 0 Å². The maximum atomic E-state index is 12.1. The molecule has 0 spiro atoms. The minimum Gasteiger partial charge on any atom is -0.325 e. The second-order valence-electron chi connectivity index (χ2n) is 11.0. The molecule has 0 fully saturated rings. The van der Waals surface area contributed by atoms with Gasteiger partial charge < -0.3 is 11.5 Å². The third-order valence-electron chi connectivity index (χ3n) is 4.74. The van der Waals surface area contributed by atoms with Crippen LogP contribution in [0.25, 0.3) is 0 Å². The first-order valence-corrected chi connectivity index (χ1v) is 9.06. The molecule has 0 unspecified atom stereocenters. The summed E-state index contributed by atoms with van der Waals surface area (Å²) in [5.74, 6) is 0.222. The highest BCUT2D eigenvalue weighted by Crippen LogP contribution is 2.39. The second-order valence-corrected chi connectivity index (χ2v) is 11.0. The van der Waals surface area contributed by atoms with E-state index in [9.17, 15) is 4.79 Å². The van der Waals surface area contributed by atoms with E-state index in [1.165, 1.54) is 0 Å². The van der Waals surface area contributed by atoms with Gasteiger partial charge in [-0.15, -0.1) is 0 Å². The van der Waals surface area contributed by atoms with Gasteiger partial charge >= 0.3 is 0 Å². The molecule has 0 amide bonds. The van der Waals surface area contributed by atoms with Crippen LogP contribution in [0.3, 0.4) is 0 Å². The molecule has 0 atom stereocenters. The Kier molecular flexibility index (Phi) is 6.91. The molecule has 0 aliphatic rings. The first-order chi connectivity index (χ1) is 10.2. The number of carbonyl (C=O) groups excluding carboxylic acids is 1. The van der Waals surface area contributed by atoms with Crippen LogP contribution in [0.5, 0.6) is 0 Å². The normalized spacial score (nSPS) is 15.1. The molecule has 0 aliphatic heterocycles. The summed E-state index contributed by atoms with van der Waals surface area (Å²) in [5, 5.41) is 0. The number of hydrogen-bond acceptors (Lipinski definition) is 4. The first kappa shape index (κ1) is 23.5. The summed E-state index contributed by atoms with van der Waals surface area (Å²) in [6.07, 6.45) is 1.62. The molecule has 0 radical (unpaired) electrons. The maximum absolute atomic E-state index is 12.1. The van der Waals surface area contributed by atoms with Crippen LogP contribution in [-0.2, 0) is 4.79 Å². The highest BCUT2D eigenvalue weighted by atomic mass is 16.1. The number of ketones is 1. The van der Waals surface area contributed by atoms with Gasteiger partial charge in [-0.1, -0.05) is 13.8 Å². The summed E-state index contributed by atoms with van der Waals surface area (Å²) >= 11 is 0. The number of carbonyl (C=O) groups is 1. The van der Waals surface area contributed by atoms with Gasteiger partial charge in [-0.25, -0.2) is 0 Å². The Bertz CT molecular complexity index is 437. The van der Waals surface area contributed by atoms with E-state index in [4.69, 9.17) is 11.5 Å². The lowest BCUT2D eigenvalue weighted by molar-refractivity contribution is -0.128. The molecule has 24 heavy (non-hydrogen) atoms. The number of nitrogens with zero attached hydrogens (tertiary/aromatic N) is 1. The fourth-order valence-electron chi connectivity index (χ4n) is 4.17. The standard InChI is InChI=1S/C20H43N3O/c1-15(24)16(2,3)12-19(8,9)23(14-18(6,7)22)20(10,11)13-17(4,5)21/h12-14,21-22H2,1-11H3. The van der Waals surface area contributed by atoms with Crippen molar-refractivity contribution in [3.8, 4) is 0 Å². The van der Waals surface area contributed by atoms with Gasteiger partial charge in [0.15, 0.2) is 0 Å². The Morgan fingerprint density at radius 1 is 0.750 bits per heavy atom. The zero-order chi connectivity index (χ0) is 19.8. The van der Waals surface area contributed by atoms with Gasteiger partial charge in [0.2, 0.25) is 0 Å². The fourth-order valence-corrected chi connectivity index (χ4v) is 4.17. The van der Waals surface area contributed by atoms with Crippen LogP contribution in [0.4, 0.5) is 0 Å². The molecule has 0 heterocycles. The number of nitrogens with two attached hydrogens (primary N) is 2. The molecule has 0 saturated carbocycles. The van der Waals surface area contributed by atoms with E-state index < -0.39 is 0 Å². The Morgan fingerprint density at radius 3 is 1.42 bits per heavy atom. The summed E-state index contributed by atoms with van der Waals surface area (Å²) in [6, 6.07) is 0. The average molecular weight is 342 g/mol. The van der Waals surface area contributed by atoms with Gasteiger partial charge in [0.25, 0.3) is 0 Å². The number of Topliss-reactive ketones (excluding diaryl/α,β-unsaturated/α-hetero) is 1. The molecule has 144 valence electrons. The van der Waals surface area contributed by atoms with Crippen molar-refractivity contribution in [1.29, 1.82) is 0 Å². The monoisotopic (exact) mass is 341 g/mol. The van der Waals surface area contributed by atoms with Crippen molar-refractivity contribution in [3.63, 3.8) is 0 Å². The van der Waals surface area contributed by atoms with E-state index in [0.29, 0.717) is 0 Å². The van der Waals surface area contributed by atoms with Gasteiger partial charge in [-0.3, -0.25) is 9.69 Å². The minimum absolute atomic E-state index is 0.134. The van der Waals surface area contributed by atoms with Crippen molar-refractivity contribution in [2.75, 3.05) is 6.54 Å². The summed E-state index contributed by atoms with van der Waals surface area (Å²) in [4.78, 5) is 14.5. The van der Waals surface area contributed by atoms with E-state index in [2.05, 4.69) is 60.3 Å². The number of rotatable bonds is 9. The van der Waals surface area contributed by atoms with Crippen molar-refractivity contribution in [3.05, 3.63) is 0 Å². The third kappa shape index (κ3) is 7.62. The predicted molar refractivity (Wildman–Crippen MR) is 105 cm³/mol. The lowest BCUT2D eigenvalue weighted by Crippen LogP contribution is -2.64. The molecular weight excluding hydrogens is 298 g/mol. The Labute approximate surface area is 150 Å². The number of hydrogen-bond donors (Lipinski definition) is 2. The summed E-state index contributed by atoms with van der Waals surface area (Å²) in [6.45, 7) is 23.6. The fraction of sp³-hybridized carbons (Fsp3) is 0.950. The van der Waals surface area contributed by atoms with Crippen LogP contribution < -0.4 is 11.5 Å².